The van der Waals surface area contributed by atoms with Crippen molar-refractivity contribution >= 4 is 0 Å². The molecule has 0 heterocycles. The highest BCUT2D eigenvalue weighted by Crippen LogP contribution is 2.64. The summed E-state index contributed by atoms with van der Waals surface area (Å²) in [4.78, 5) is 0. The van der Waals surface area contributed by atoms with Crippen LogP contribution in [0.3, 0.4) is 0 Å². The second-order valence-corrected chi connectivity index (χ2v) is 6.01. The van der Waals surface area contributed by atoms with Crippen LogP contribution in [0.4, 0.5) is 0 Å². The van der Waals surface area contributed by atoms with Gasteiger partial charge in [0.15, 0.2) is 0 Å². The molecule has 0 saturated heterocycles. The van der Waals surface area contributed by atoms with Crippen LogP contribution in [0.5, 0.6) is 0 Å². The molecule has 74 valence electrons. The standard InChI is InChI=1S/C14H18/c1-2-4-10-7-9(3-1)13-11-5-6-12(8-11)14(10)13/h9-14H,3-8H2. The van der Waals surface area contributed by atoms with Gasteiger partial charge in [-0.1, -0.05) is 0 Å². The zero-order valence-corrected chi connectivity index (χ0v) is 8.71. The third-order valence-electron chi connectivity index (χ3n) is 5.59. The molecule has 3 fully saturated rings. The maximum Gasteiger partial charge on any atom is 0.0120 e. The van der Waals surface area contributed by atoms with E-state index in [0.29, 0.717) is 0 Å². The predicted molar refractivity (Wildman–Crippen MR) is 56.4 cm³/mol. The molecule has 0 aromatic heterocycles. The zero-order chi connectivity index (χ0) is 9.12. The van der Waals surface area contributed by atoms with Crippen molar-refractivity contribution in [3.05, 3.63) is 0 Å². The van der Waals surface area contributed by atoms with Gasteiger partial charge in [0.25, 0.3) is 0 Å². The monoisotopic (exact) mass is 186 g/mol. The van der Waals surface area contributed by atoms with Crippen molar-refractivity contribution in [1.29, 1.82) is 0 Å². The highest BCUT2D eigenvalue weighted by molar-refractivity contribution is 5.14. The van der Waals surface area contributed by atoms with E-state index in [9.17, 15) is 0 Å². The normalized spacial score (nSPS) is 57.7. The average molecular weight is 186 g/mol. The lowest BCUT2D eigenvalue weighted by Gasteiger charge is -2.30. The average Bonchev–Trinajstić information content (AvgIpc) is 2.77. The molecule has 4 bridgehead atoms. The molecule has 0 heteroatoms. The molecule has 4 aliphatic rings. The molecule has 4 aliphatic carbocycles. The molecule has 6 unspecified atom stereocenters. The van der Waals surface area contributed by atoms with E-state index in [-0.39, 0.29) is 0 Å². The van der Waals surface area contributed by atoms with Gasteiger partial charge in [-0.25, -0.2) is 0 Å². The van der Waals surface area contributed by atoms with Gasteiger partial charge in [-0.2, -0.15) is 0 Å². The van der Waals surface area contributed by atoms with E-state index in [4.69, 9.17) is 0 Å². The minimum Gasteiger partial charge on any atom is -0.103 e. The van der Waals surface area contributed by atoms with Crippen molar-refractivity contribution in [2.45, 2.75) is 38.5 Å². The lowest BCUT2D eigenvalue weighted by molar-refractivity contribution is 0.188. The fourth-order valence-electron chi connectivity index (χ4n) is 5.33. The summed E-state index contributed by atoms with van der Waals surface area (Å²) >= 11 is 0. The number of fused-ring (bicyclic) bond motifs is 9. The van der Waals surface area contributed by atoms with Crippen LogP contribution in [-0.4, -0.2) is 0 Å². The molecule has 0 aromatic rings. The van der Waals surface area contributed by atoms with Crippen molar-refractivity contribution in [2.24, 2.45) is 35.5 Å². The van der Waals surface area contributed by atoms with Gasteiger partial charge in [-0.05, 0) is 61.2 Å². The second-order valence-electron chi connectivity index (χ2n) is 6.01. The van der Waals surface area contributed by atoms with Gasteiger partial charge < -0.3 is 0 Å². The molecule has 0 amide bonds. The van der Waals surface area contributed by atoms with E-state index in [0.717, 1.165) is 35.5 Å². The van der Waals surface area contributed by atoms with Gasteiger partial charge in [-0.3, -0.25) is 0 Å². The summed E-state index contributed by atoms with van der Waals surface area (Å²) < 4.78 is 0. The van der Waals surface area contributed by atoms with Crippen molar-refractivity contribution < 1.29 is 0 Å². The first-order chi connectivity index (χ1) is 6.93. The summed E-state index contributed by atoms with van der Waals surface area (Å²) in [6.07, 6.45) is 8.69. The van der Waals surface area contributed by atoms with E-state index in [1.165, 1.54) is 19.3 Å². The largest absolute Gasteiger partial charge is 0.103 e. The van der Waals surface area contributed by atoms with E-state index in [1.807, 2.05) is 0 Å². The van der Waals surface area contributed by atoms with Gasteiger partial charge in [0.1, 0.15) is 0 Å². The minimum atomic E-state index is 1.01. The molecule has 0 spiro atoms. The molecule has 4 rings (SSSR count). The van der Waals surface area contributed by atoms with Crippen LogP contribution >= 0.6 is 0 Å². The molecule has 0 radical (unpaired) electrons. The summed E-state index contributed by atoms with van der Waals surface area (Å²) in [5.74, 6) is 13.3. The van der Waals surface area contributed by atoms with Crippen molar-refractivity contribution in [3.63, 3.8) is 0 Å². The Kier molecular flexibility index (Phi) is 1.43. The van der Waals surface area contributed by atoms with Crippen molar-refractivity contribution in [1.82, 2.24) is 0 Å². The summed E-state index contributed by atoms with van der Waals surface area (Å²) in [6.45, 7) is 0. The molecule has 6 atom stereocenters. The molecule has 0 aromatic carbocycles. The Morgan fingerprint density at radius 2 is 1.14 bits per heavy atom. The first-order valence-electron chi connectivity index (χ1n) is 6.39. The van der Waals surface area contributed by atoms with E-state index in [1.54, 1.807) is 19.3 Å². The van der Waals surface area contributed by atoms with Crippen molar-refractivity contribution in [2.75, 3.05) is 0 Å². The Labute approximate surface area is 86.5 Å². The van der Waals surface area contributed by atoms with Crippen LogP contribution in [-0.2, 0) is 0 Å². The minimum absolute atomic E-state index is 1.01. The summed E-state index contributed by atoms with van der Waals surface area (Å²) in [7, 11) is 0. The van der Waals surface area contributed by atoms with Gasteiger partial charge >= 0.3 is 0 Å². The van der Waals surface area contributed by atoms with E-state index in [2.05, 4.69) is 11.8 Å². The topological polar surface area (TPSA) is 0 Å². The van der Waals surface area contributed by atoms with Gasteiger partial charge in [0.2, 0.25) is 0 Å². The third kappa shape index (κ3) is 0.824. The number of hydrogen-bond acceptors (Lipinski definition) is 0. The maximum absolute atomic E-state index is 3.40. The summed E-state index contributed by atoms with van der Waals surface area (Å²) in [6, 6.07) is 0. The van der Waals surface area contributed by atoms with Crippen LogP contribution in [0.2, 0.25) is 0 Å². The highest BCUT2D eigenvalue weighted by Gasteiger charge is 2.56. The molecule has 0 N–H and O–H groups in total. The third-order valence-corrected chi connectivity index (χ3v) is 5.59. The molecule has 0 nitrogen and oxygen atoms in total. The second kappa shape index (κ2) is 2.57. The molecule has 0 aliphatic heterocycles. The SMILES string of the molecule is C1#CCC2CC(C1)C1C3CCC(C3)C21. The van der Waals surface area contributed by atoms with Crippen LogP contribution in [0, 0.1) is 47.3 Å². The molecular weight excluding hydrogens is 168 g/mol. The number of rotatable bonds is 0. The van der Waals surface area contributed by atoms with Gasteiger partial charge in [0, 0.05) is 12.8 Å². The molecule has 14 heavy (non-hydrogen) atoms. The Balaban J connectivity index is 1.75. The maximum atomic E-state index is 3.40. The fraction of sp³-hybridized carbons (Fsp3) is 0.857. The van der Waals surface area contributed by atoms with Crippen LogP contribution < -0.4 is 0 Å². The Morgan fingerprint density at radius 1 is 0.643 bits per heavy atom. The first-order valence-corrected chi connectivity index (χ1v) is 6.39. The molecule has 3 saturated carbocycles. The summed E-state index contributed by atoms with van der Waals surface area (Å²) in [5, 5.41) is 0. The lowest BCUT2D eigenvalue weighted by Crippen LogP contribution is -2.25. The van der Waals surface area contributed by atoms with Crippen LogP contribution in [0.25, 0.3) is 0 Å². The fourth-order valence-corrected chi connectivity index (χ4v) is 5.33. The van der Waals surface area contributed by atoms with Crippen molar-refractivity contribution in [3.8, 4) is 11.8 Å². The van der Waals surface area contributed by atoms with Crippen LogP contribution in [0.1, 0.15) is 38.5 Å². The van der Waals surface area contributed by atoms with Gasteiger partial charge in [-0.15, -0.1) is 11.8 Å². The van der Waals surface area contributed by atoms with E-state index < -0.39 is 0 Å². The highest BCUT2D eigenvalue weighted by atomic mass is 14.6. The summed E-state index contributed by atoms with van der Waals surface area (Å²) in [5.41, 5.74) is 0. The Bertz CT molecular complexity index is 291. The quantitative estimate of drug-likeness (QED) is 0.403. The Hall–Kier alpha value is -0.440. The smallest absolute Gasteiger partial charge is 0.0120 e. The zero-order valence-electron chi connectivity index (χ0n) is 8.71. The first kappa shape index (κ1) is 7.80. The van der Waals surface area contributed by atoms with Crippen LogP contribution in [0.15, 0.2) is 0 Å². The van der Waals surface area contributed by atoms with E-state index >= 15 is 0 Å². The molecular formula is C14H18. The lowest BCUT2D eigenvalue weighted by atomic mass is 9.74. The predicted octanol–water partition coefficient (Wildman–Crippen LogP) is 3.08. The Morgan fingerprint density at radius 3 is 1.71 bits per heavy atom. The number of hydrogen-bond donors (Lipinski definition) is 0. The van der Waals surface area contributed by atoms with Gasteiger partial charge in [0.05, 0.1) is 0 Å².